The zero-order valence-electron chi connectivity index (χ0n) is 11.5. The lowest BCUT2D eigenvalue weighted by molar-refractivity contribution is 0.117. The number of nitrogens with zero attached hydrogens (tertiary/aromatic N) is 1. The first-order valence-electron chi connectivity index (χ1n) is 7.09. The van der Waals surface area contributed by atoms with Gasteiger partial charge in [0.15, 0.2) is 0 Å². The van der Waals surface area contributed by atoms with E-state index in [1.807, 2.05) is 25.2 Å². The van der Waals surface area contributed by atoms with Gasteiger partial charge in [-0.2, -0.15) is 0 Å². The third-order valence-corrected chi connectivity index (χ3v) is 3.74. The Morgan fingerprint density at radius 3 is 3.06 bits per heavy atom. The van der Waals surface area contributed by atoms with Gasteiger partial charge in [0.05, 0.1) is 5.69 Å². The molecule has 1 aliphatic carbocycles. The van der Waals surface area contributed by atoms with Crippen LogP contribution in [0.5, 0.6) is 5.88 Å². The molecule has 3 heteroatoms. The lowest BCUT2D eigenvalue weighted by Crippen LogP contribution is -2.25. The van der Waals surface area contributed by atoms with Crippen molar-refractivity contribution in [3.8, 4) is 5.88 Å². The normalized spacial score (nSPS) is 23.9. The van der Waals surface area contributed by atoms with Crippen LogP contribution in [0.15, 0.2) is 18.2 Å². The van der Waals surface area contributed by atoms with Crippen LogP contribution in [0.25, 0.3) is 0 Å². The summed E-state index contributed by atoms with van der Waals surface area (Å²) in [7, 11) is 1.93. The van der Waals surface area contributed by atoms with Crippen molar-refractivity contribution in [1.82, 2.24) is 10.3 Å². The first kappa shape index (κ1) is 13.3. The van der Waals surface area contributed by atoms with Gasteiger partial charge in [-0.3, -0.25) is 0 Å². The largest absolute Gasteiger partial charge is 0.474 e. The molecule has 1 aliphatic rings. The maximum absolute atomic E-state index is 6.04. The fourth-order valence-electron chi connectivity index (χ4n) is 2.69. The Bertz CT molecular complexity index is 367. The smallest absolute Gasteiger partial charge is 0.213 e. The number of pyridine rings is 1. The molecule has 0 bridgehead atoms. The minimum atomic E-state index is 0.362. The fourth-order valence-corrected chi connectivity index (χ4v) is 2.69. The van der Waals surface area contributed by atoms with Gasteiger partial charge in [0.1, 0.15) is 6.10 Å². The van der Waals surface area contributed by atoms with E-state index in [1.165, 1.54) is 32.1 Å². The highest BCUT2D eigenvalue weighted by Crippen LogP contribution is 2.29. The molecule has 1 heterocycles. The Labute approximate surface area is 110 Å². The molecular weight excluding hydrogens is 224 g/mol. The Morgan fingerprint density at radius 1 is 1.39 bits per heavy atom. The van der Waals surface area contributed by atoms with Gasteiger partial charge in [-0.15, -0.1) is 0 Å². The van der Waals surface area contributed by atoms with Gasteiger partial charge in [-0.1, -0.05) is 25.8 Å². The van der Waals surface area contributed by atoms with E-state index in [-0.39, 0.29) is 0 Å². The minimum absolute atomic E-state index is 0.362. The first-order valence-corrected chi connectivity index (χ1v) is 7.09. The monoisotopic (exact) mass is 248 g/mol. The van der Waals surface area contributed by atoms with Crippen molar-refractivity contribution < 1.29 is 4.74 Å². The SMILES string of the molecule is CCC1CCCC(Oc2cccc(CNC)n2)C1. The molecule has 0 amide bonds. The third-order valence-electron chi connectivity index (χ3n) is 3.74. The summed E-state index contributed by atoms with van der Waals surface area (Å²) in [4.78, 5) is 4.52. The van der Waals surface area contributed by atoms with Crippen LogP contribution < -0.4 is 10.1 Å². The van der Waals surface area contributed by atoms with Gasteiger partial charge >= 0.3 is 0 Å². The van der Waals surface area contributed by atoms with Crippen LogP contribution in [0.4, 0.5) is 0 Å². The number of hydrogen-bond donors (Lipinski definition) is 1. The first-order chi connectivity index (χ1) is 8.81. The highest BCUT2D eigenvalue weighted by atomic mass is 16.5. The topological polar surface area (TPSA) is 34.1 Å². The van der Waals surface area contributed by atoms with Crippen LogP contribution in [0.1, 0.15) is 44.7 Å². The maximum Gasteiger partial charge on any atom is 0.213 e. The number of ether oxygens (including phenoxy) is 1. The average molecular weight is 248 g/mol. The summed E-state index contributed by atoms with van der Waals surface area (Å²) in [6, 6.07) is 6.02. The Hall–Kier alpha value is -1.09. The molecule has 100 valence electrons. The summed E-state index contributed by atoms with van der Waals surface area (Å²) >= 11 is 0. The zero-order chi connectivity index (χ0) is 12.8. The van der Waals surface area contributed by atoms with Crippen molar-refractivity contribution in [1.29, 1.82) is 0 Å². The molecule has 1 aromatic heterocycles. The quantitative estimate of drug-likeness (QED) is 0.869. The maximum atomic E-state index is 6.04. The van der Waals surface area contributed by atoms with Crippen molar-refractivity contribution in [2.75, 3.05) is 7.05 Å². The summed E-state index contributed by atoms with van der Waals surface area (Å²) in [5, 5.41) is 3.11. The molecule has 0 aromatic carbocycles. The van der Waals surface area contributed by atoms with E-state index in [4.69, 9.17) is 4.74 Å². The van der Waals surface area contributed by atoms with Gasteiger partial charge in [0.25, 0.3) is 0 Å². The average Bonchev–Trinajstić information content (AvgIpc) is 2.40. The number of hydrogen-bond acceptors (Lipinski definition) is 3. The Morgan fingerprint density at radius 2 is 2.28 bits per heavy atom. The van der Waals surface area contributed by atoms with E-state index in [1.54, 1.807) is 0 Å². The minimum Gasteiger partial charge on any atom is -0.474 e. The van der Waals surface area contributed by atoms with Crippen LogP contribution in [-0.2, 0) is 6.54 Å². The molecule has 1 saturated carbocycles. The molecule has 0 saturated heterocycles. The lowest BCUT2D eigenvalue weighted by Gasteiger charge is -2.28. The van der Waals surface area contributed by atoms with Gasteiger partial charge in [0, 0.05) is 12.6 Å². The molecular formula is C15H24N2O. The van der Waals surface area contributed by atoms with E-state index in [9.17, 15) is 0 Å². The van der Waals surface area contributed by atoms with Crippen molar-refractivity contribution in [3.05, 3.63) is 23.9 Å². The van der Waals surface area contributed by atoms with Crippen molar-refractivity contribution in [2.45, 2.75) is 51.7 Å². The van der Waals surface area contributed by atoms with E-state index in [0.29, 0.717) is 6.10 Å². The molecule has 3 nitrogen and oxygen atoms in total. The second-order valence-electron chi connectivity index (χ2n) is 5.18. The lowest BCUT2D eigenvalue weighted by atomic mass is 9.85. The van der Waals surface area contributed by atoms with Gasteiger partial charge in [-0.05, 0) is 38.3 Å². The predicted octanol–water partition coefficient (Wildman–Crippen LogP) is 3.15. The molecule has 2 rings (SSSR count). The standard InChI is InChI=1S/C15H24N2O/c1-3-12-6-4-8-14(10-12)18-15-9-5-7-13(17-15)11-16-2/h5,7,9,12,14,16H,3-4,6,8,10-11H2,1-2H3. The zero-order valence-corrected chi connectivity index (χ0v) is 11.5. The number of aromatic nitrogens is 1. The molecule has 0 aliphatic heterocycles. The molecule has 2 unspecified atom stereocenters. The second kappa shape index (κ2) is 6.74. The Balaban J connectivity index is 1.93. The van der Waals surface area contributed by atoms with E-state index < -0.39 is 0 Å². The second-order valence-corrected chi connectivity index (χ2v) is 5.18. The van der Waals surface area contributed by atoms with Crippen molar-refractivity contribution >= 4 is 0 Å². The molecule has 1 fully saturated rings. The molecule has 0 radical (unpaired) electrons. The molecule has 1 aromatic rings. The fraction of sp³-hybridized carbons (Fsp3) is 0.667. The van der Waals surface area contributed by atoms with Crippen LogP contribution in [-0.4, -0.2) is 18.1 Å². The van der Waals surface area contributed by atoms with Crippen LogP contribution in [0.2, 0.25) is 0 Å². The molecule has 0 spiro atoms. The van der Waals surface area contributed by atoms with E-state index in [2.05, 4.69) is 17.2 Å². The number of nitrogens with one attached hydrogen (secondary N) is 1. The summed E-state index contributed by atoms with van der Waals surface area (Å²) in [6.07, 6.45) is 6.65. The summed E-state index contributed by atoms with van der Waals surface area (Å²) in [6.45, 7) is 3.07. The van der Waals surface area contributed by atoms with Gasteiger partial charge < -0.3 is 10.1 Å². The molecule has 2 atom stereocenters. The Kier molecular flexibility index (Phi) is 5.00. The van der Waals surface area contributed by atoms with E-state index >= 15 is 0 Å². The highest BCUT2D eigenvalue weighted by molar-refractivity contribution is 5.16. The van der Waals surface area contributed by atoms with Crippen molar-refractivity contribution in [2.24, 2.45) is 5.92 Å². The van der Waals surface area contributed by atoms with Crippen molar-refractivity contribution in [3.63, 3.8) is 0 Å². The summed E-state index contributed by atoms with van der Waals surface area (Å²) in [5.74, 6) is 1.62. The van der Waals surface area contributed by atoms with E-state index in [0.717, 1.165) is 24.0 Å². The van der Waals surface area contributed by atoms with Crippen LogP contribution >= 0.6 is 0 Å². The third kappa shape index (κ3) is 3.70. The predicted molar refractivity (Wildman–Crippen MR) is 73.7 cm³/mol. The molecule has 1 N–H and O–H groups in total. The van der Waals surface area contributed by atoms with Gasteiger partial charge in [-0.25, -0.2) is 4.98 Å². The molecule has 18 heavy (non-hydrogen) atoms. The van der Waals surface area contributed by atoms with Crippen LogP contribution in [0.3, 0.4) is 0 Å². The summed E-state index contributed by atoms with van der Waals surface area (Å²) in [5.41, 5.74) is 1.04. The van der Waals surface area contributed by atoms with Crippen LogP contribution in [0, 0.1) is 5.92 Å². The highest BCUT2D eigenvalue weighted by Gasteiger charge is 2.22. The number of rotatable bonds is 5. The van der Waals surface area contributed by atoms with Gasteiger partial charge in [0.2, 0.25) is 5.88 Å². The summed E-state index contributed by atoms with van der Waals surface area (Å²) < 4.78 is 6.04.